The summed E-state index contributed by atoms with van der Waals surface area (Å²) < 4.78 is -0.674. The summed E-state index contributed by atoms with van der Waals surface area (Å²) >= 11 is 11.7. The first-order valence-electron chi connectivity index (χ1n) is 11.9. The molecule has 3 unspecified atom stereocenters. The molecule has 0 radical (unpaired) electrons. The second-order valence-electron chi connectivity index (χ2n) is 9.24. The molecule has 0 aromatic heterocycles. The van der Waals surface area contributed by atoms with Crippen LogP contribution in [0.25, 0.3) is 0 Å². The molecule has 3 heterocycles. The van der Waals surface area contributed by atoms with E-state index in [1.807, 2.05) is 6.92 Å². The number of nitrogens with one attached hydrogen (secondary N) is 2. The number of aliphatic hydroxyl groups is 1. The highest BCUT2D eigenvalue weighted by atomic mass is 79.9. The Balaban J connectivity index is 1.67. The zero-order valence-electron chi connectivity index (χ0n) is 19.1. The largest absolute Gasteiger partial charge is 0.396 e. The number of aliphatic hydroxyl groups excluding tert-OH is 1. The lowest BCUT2D eigenvalue weighted by molar-refractivity contribution is -0.139. The van der Waals surface area contributed by atoms with Crippen molar-refractivity contribution < 1.29 is 19.5 Å². The first-order valence-corrected chi connectivity index (χ1v) is 14.1. The minimum atomic E-state index is -0.700. The Labute approximate surface area is 217 Å². The summed E-state index contributed by atoms with van der Waals surface area (Å²) in [5, 5.41) is 15.5. The molecule has 3 aliphatic heterocycles. The Hall–Kier alpha value is -1.29. The molecule has 3 amide bonds. The van der Waals surface area contributed by atoms with E-state index < -0.39 is 22.6 Å². The van der Waals surface area contributed by atoms with Crippen molar-refractivity contribution in [3.8, 4) is 0 Å². The fourth-order valence-corrected chi connectivity index (χ4v) is 9.47. The number of halogens is 2. The van der Waals surface area contributed by atoms with Gasteiger partial charge >= 0.3 is 0 Å². The van der Waals surface area contributed by atoms with Crippen LogP contribution in [0, 0.1) is 11.8 Å². The molecule has 4 rings (SSSR count). The van der Waals surface area contributed by atoms with Crippen LogP contribution in [0.4, 0.5) is 5.69 Å². The summed E-state index contributed by atoms with van der Waals surface area (Å²) in [5.74, 6) is -1.49. The van der Waals surface area contributed by atoms with E-state index in [2.05, 4.69) is 26.6 Å². The van der Waals surface area contributed by atoms with Crippen molar-refractivity contribution in [3.63, 3.8) is 0 Å². The summed E-state index contributed by atoms with van der Waals surface area (Å²) in [6.45, 7) is 3.07. The van der Waals surface area contributed by atoms with Gasteiger partial charge in [-0.2, -0.15) is 0 Å². The Bertz CT molecular complexity index is 953. The predicted octanol–water partition coefficient (Wildman–Crippen LogP) is 3.43. The van der Waals surface area contributed by atoms with Gasteiger partial charge in [-0.15, -0.1) is 11.8 Å². The van der Waals surface area contributed by atoms with Crippen molar-refractivity contribution >= 4 is 62.7 Å². The predicted molar refractivity (Wildman–Crippen MR) is 138 cm³/mol. The Morgan fingerprint density at radius 2 is 2.03 bits per heavy atom. The molecule has 10 heteroatoms. The number of hydrogen-bond donors (Lipinski definition) is 3. The average Bonchev–Trinajstić information content (AvgIpc) is 3.40. The van der Waals surface area contributed by atoms with Gasteiger partial charge in [0.25, 0.3) is 0 Å². The van der Waals surface area contributed by atoms with Crippen LogP contribution >= 0.6 is 39.3 Å². The summed E-state index contributed by atoms with van der Waals surface area (Å²) in [6.07, 6.45) is 3.55. The number of carbonyl (C=O) groups excluding carboxylic acids is 3. The average molecular weight is 573 g/mol. The van der Waals surface area contributed by atoms with Crippen LogP contribution in [0.15, 0.2) is 24.3 Å². The van der Waals surface area contributed by atoms with Gasteiger partial charge in [0.15, 0.2) is 0 Å². The fourth-order valence-electron chi connectivity index (χ4n) is 5.67. The van der Waals surface area contributed by atoms with Gasteiger partial charge in [0, 0.05) is 29.8 Å². The van der Waals surface area contributed by atoms with E-state index in [0.29, 0.717) is 43.1 Å². The summed E-state index contributed by atoms with van der Waals surface area (Å²) in [5.41, 5.74) is 0.506. The number of benzene rings is 1. The van der Waals surface area contributed by atoms with Crippen molar-refractivity contribution in [2.45, 2.75) is 59.9 Å². The third-order valence-corrected chi connectivity index (χ3v) is 10.6. The number of fused-ring (bicyclic) bond motifs is 1. The van der Waals surface area contributed by atoms with Crippen LogP contribution in [0.3, 0.4) is 0 Å². The zero-order valence-corrected chi connectivity index (χ0v) is 22.3. The molecule has 7 nitrogen and oxygen atoms in total. The smallest absolute Gasteiger partial charge is 0.248 e. The standard InChI is InChI=1S/C24H31BrClN3O4S/c1-2-10-27-21(31)17-18-23(33)29(11-6-3-7-12-30)20(24(18)13-14(25)19(17)34-24)22(32)28-16-9-5-4-8-15(16)26/h4-5,8-9,14,17-20,30H,2-3,6-7,10-13H2,1H3,(H,27,31)(H,28,32)/t14?,17-,18-,19-,20?,24?/m0/s1. The highest BCUT2D eigenvalue weighted by molar-refractivity contribution is 9.09. The highest BCUT2D eigenvalue weighted by Crippen LogP contribution is 2.67. The van der Waals surface area contributed by atoms with Gasteiger partial charge in [-0.3, -0.25) is 14.4 Å². The number of anilines is 1. The second kappa shape index (κ2) is 10.8. The Morgan fingerprint density at radius 1 is 1.26 bits per heavy atom. The van der Waals surface area contributed by atoms with Crippen molar-refractivity contribution in [3.05, 3.63) is 29.3 Å². The number of carbonyl (C=O) groups is 3. The SMILES string of the molecule is CCCNC(=O)[C@H]1[C@H]2C(=O)N(CCCCCO)C(C(=O)Nc3ccccc3Cl)C23CC(Br)[C@@H]1S3. The number of thioether (sulfide) groups is 1. The molecular formula is C24H31BrClN3O4S. The third kappa shape index (κ3) is 4.49. The molecule has 34 heavy (non-hydrogen) atoms. The summed E-state index contributed by atoms with van der Waals surface area (Å²) in [4.78, 5) is 42.5. The minimum Gasteiger partial charge on any atom is -0.396 e. The van der Waals surface area contributed by atoms with Crippen LogP contribution in [0.2, 0.25) is 5.02 Å². The lowest BCUT2D eigenvalue weighted by Gasteiger charge is -2.35. The number of amides is 3. The molecule has 3 N–H and O–H groups in total. The van der Waals surface area contributed by atoms with Crippen LogP contribution in [0.5, 0.6) is 0 Å². The first kappa shape index (κ1) is 25.8. The van der Waals surface area contributed by atoms with E-state index in [1.165, 1.54) is 0 Å². The van der Waals surface area contributed by atoms with Gasteiger partial charge in [-0.1, -0.05) is 46.6 Å². The van der Waals surface area contributed by atoms with E-state index in [0.717, 1.165) is 12.8 Å². The molecule has 0 aliphatic carbocycles. The van der Waals surface area contributed by atoms with E-state index in [4.69, 9.17) is 16.7 Å². The number of nitrogens with zero attached hydrogens (tertiary/aromatic N) is 1. The van der Waals surface area contributed by atoms with E-state index in [-0.39, 0.29) is 34.4 Å². The second-order valence-corrected chi connectivity index (χ2v) is 12.4. The fraction of sp³-hybridized carbons (Fsp3) is 0.625. The van der Waals surface area contributed by atoms with Crippen LogP contribution in [0.1, 0.15) is 39.0 Å². The normalized spacial score (nSPS) is 31.6. The molecule has 3 fully saturated rings. The number of alkyl halides is 1. The molecule has 6 atom stereocenters. The molecule has 0 saturated carbocycles. The maximum Gasteiger partial charge on any atom is 0.248 e. The third-order valence-electron chi connectivity index (χ3n) is 7.08. The molecular weight excluding hydrogens is 542 g/mol. The quantitative estimate of drug-likeness (QED) is 0.295. The number of unbranched alkanes of at least 4 members (excludes halogenated alkanes) is 2. The molecule has 186 valence electrons. The van der Waals surface area contributed by atoms with E-state index >= 15 is 0 Å². The van der Waals surface area contributed by atoms with Crippen LogP contribution in [-0.2, 0) is 14.4 Å². The lowest BCUT2D eigenvalue weighted by atomic mass is 9.70. The monoisotopic (exact) mass is 571 g/mol. The summed E-state index contributed by atoms with van der Waals surface area (Å²) in [7, 11) is 0. The van der Waals surface area contributed by atoms with Crippen molar-refractivity contribution in [2.75, 3.05) is 25.0 Å². The topological polar surface area (TPSA) is 98.7 Å². The number of hydrogen-bond acceptors (Lipinski definition) is 5. The molecule has 1 aromatic rings. The van der Waals surface area contributed by atoms with Crippen molar-refractivity contribution in [1.82, 2.24) is 10.2 Å². The van der Waals surface area contributed by atoms with E-state index in [1.54, 1.807) is 40.9 Å². The summed E-state index contributed by atoms with van der Waals surface area (Å²) in [6, 6.07) is 6.35. The maximum atomic E-state index is 13.8. The van der Waals surface area contributed by atoms with Gasteiger partial charge in [-0.25, -0.2) is 0 Å². The van der Waals surface area contributed by atoms with Crippen LogP contribution < -0.4 is 10.6 Å². The van der Waals surface area contributed by atoms with Crippen molar-refractivity contribution in [2.24, 2.45) is 11.8 Å². The Morgan fingerprint density at radius 3 is 2.74 bits per heavy atom. The number of para-hydroxylation sites is 1. The van der Waals surface area contributed by atoms with Gasteiger partial charge in [0.05, 0.1) is 27.3 Å². The number of rotatable bonds is 10. The Kier molecular flexibility index (Phi) is 8.17. The number of likely N-dealkylation sites (tertiary alicyclic amines) is 1. The van der Waals surface area contributed by atoms with Gasteiger partial charge in [0.2, 0.25) is 17.7 Å². The van der Waals surface area contributed by atoms with E-state index in [9.17, 15) is 14.4 Å². The molecule has 3 saturated heterocycles. The molecule has 2 bridgehead atoms. The first-order chi connectivity index (χ1) is 16.4. The maximum absolute atomic E-state index is 13.8. The van der Waals surface area contributed by atoms with Gasteiger partial charge in [0.1, 0.15) is 6.04 Å². The zero-order chi connectivity index (χ0) is 24.5. The molecule has 3 aliphatic rings. The van der Waals surface area contributed by atoms with Crippen LogP contribution in [-0.4, -0.2) is 68.3 Å². The van der Waals surface area contributed by atoms with Crippen molar-refractivity contribution in [1.29, 1.82) is 0 Å². The van der Waals surface area contributed by atoms with Gasteiger partial charge in [-0.05, 0) is 44.2 Å². The molecule has 1 spiro atoms. The minimum absolute atomic E-state index is 0.0453. The highest BCUT2D eigenvalue weighted by Gasteiger charge is 2.75. The molecule has 1 aromatic carbocycles. The lowest BCUT2D eigenvalue weighted by Crippen LogP contribution is -2.53. The van der Waals surface area contributed by atoms with Gasteiger partial charge < -0.3 is 20.6 Å².